The van der Waals surface area contributed by atoms with E-state index < -0.39 is 0 Å². The zero-order valence-corrected chi connectivity index (χ0v) is 9.61. The van der Waals surface area contributed by atoms with Crippen molar-refractivity contribution in [2.45, 2.75) is 27.7 Å². The van der Waals surface area contributed by atoms with Gasteiger partial charge < -0.3 is 5.73 Å². The Hall–Kier alpha value is -1.49. The van der Waals surface area contributed by atoms with Crippen molar-refractivity contribution in [2.75, 3.05) is 5.73 Å². The van der Waals surface area contributed by atoms with Gasteiger partial charge in [0.15, 0.2) is 0 Å². The van der Waals surface area contributed by atoms with Gasteiger partial charge in [-0.25, -0.2) is 4.39 Å². The molecular formula is C13H16FN. The quantitative estimate of drug-likeness (QED) is 0.511. The lowest BCUT2D eigenvalue weighted by molar-refractivity contribution is 0.571. The molecule has 2 N–H and O–H groups in total. The van der Waals surface area contributed by atoms with E-state index in [1.54, 1.807) is 13.0 Å². The molecule has 0 spiro atoms. The maximum Gasteiger partial charge on any atom is 0.128 e. The van der Waals surface area contributed by atoms with Gasteiger partial charge in [0.1, 0.15) is 5.82 Å². The normalized spacial score (nSPS) is 10.7. The minimum Gasteiger partial charge on any atom is -0.398 e. The third-order valence-corrected chi connectivity index (χ3v) is 1.90. The summed E-state index contributed by atoms with van der Waals surface area (Å²) in [7, 11) is 0. The van der Waals surface area contributed by atoms with Crippen LogP contribution < -0.4 is 5.73 Å². The maximum atomic E-state index is 13.1. The summed E-state index contributed by atoms with van der Waals surface area (Å²) >= 11 is 0. The number of benzene rings is 1. The van der Waals surface area contributed by atoms with Gasteiger partial charge in [0.25, 0.3) is 0 Å². The van der Waals surface area contributed by atoms with E-state index in [0.29, 0.717) is 16.8 Å². The van der Waals surface area contributed by atoms with Crippen molar-refractivity contribution in [3.63, 3.8) is 0 Å². The Balaban J connectivity index is 3.15. The third-order valence-electron chi connectivity index (χ3n) is 1.90. The second-order valence-electron chi connectivity index (χ2n) is 4.69. The largest absolute Gasteiger partial charge is 0.398 e. The molecule has 0 saturated heterocycles. The van der Waals surface area contributed by atoms with Crippen molar-refractivity contribution < 1.29 is 4.39 Å². The van der Waals surface area contributed by atoms with Crippen molar-refractivity contribution in [3.05, 3.63) is 29.1 Å². The molecule has 1 aromatic carbocycles. The average molecular weight is 205 g/mol. The molecular weight excluding hydrogens is 189 g/mol. The van der Waals surface area contributed by atoms with Crippen molar-refractivity contribution in [1.82, 2.24) is 0 Å². The van der Waals surface area contributed by atoms with E-state index >= 15 is 0 Å². The number of halogens is 1. The monoisotopic (exact) mass is 205 g/mol. The smallest absolute Gasteiger partial charge is 0.128 e. The van der Waals surface area contributed by atoms with Crippen molar-refractivity contribution in [2.24, 2.45) is 5.41 Å². The summed E-state index contributed by atoms with van der Waals surface area (Å²) in [5.74, 6) is 5.77. The molecule has 0 aliphatic rings. The minimum atomic E-state index is -0.284. The Bertz CT molecular complexity index is 430. The second-order valence-corrected chi connectivity index (χ2v) is 4.69. The first-order valence-electron chi connectivity index (χ1n) is 4.88. The van der Waals surface area contributed by atoms with Crippen LogP contribution in [0.2, 0.25) is 0 Å². The Morgan fingerprint density at radius 3 is 2.40 bits per heavy atom. The molecule has 1 rings (SSSR count). The Morgan fingerprint density at radius 2 is 1.87 bits per heavy atom. The summed E-state index contributed by atoms with van der Waals surface area (Å²) in [6.45, 7) is 7.77. The van der Waals surface area contributed by atoms with Gasteiger partial charge in [-0.05, 0) is 45.4 Å². The van der Waals surface area contributed by atoms with Gasteiger partial charge in [-0.15, -0.1) is 0 Å². The molecule has 0 bridgehead atoms. The first-order valence-corrected chi connectivity index (χ1v) is 4.88. The van der Waals surface area contributed by atoms with E-state index in [4.69, 9.17) is 5.73 Å². The third kappa shape index (κ3) is 3.28. The van der Waals surface area contributed by atoms with Gasteiger partial charge >= 0.3 is 0 Å². The summed E-state index contributed by atoms with van der Waals surface area (Å²) in [5, 5.41) is 0. The molecule has 0 aliphatic heterocycles. The Labute approximate surface area is 90.5 Å². The summed E-state index contributed by atoms with van der Waals surface area (Å²) in [6, 6.07) is 3.01. The van der Waals surface area contributed by atoms with Gasteiger partial charge in [0, 0.05) is 11.0 Å². The fourth-order valence-electron chi connectivity index (χ4n) is 1.06. The lowest BCUT2D eigenvalue weighted by Crippen LogP contribution is -2.00. The summed E-state index contributed by atoms with van der Waals surface area (Å²) < 4.78 is 13.1. The molecule has 0 aliphatic carbocycles. The molecule has 15 heavy (non-hydrogen) atoms. The predicted molar refractivity (Wildman–Crippen MR) is 61.9 cm³/mol. The number of nitrogens with two attached hydrogens (primary N) is 1. The molecule has 0 aromatic heterocycles. The number of nitrogen functional groups attached to an aromatic ring is 1. The molecule has 80 valence electrons. The van der Waals surface area contributed by atoms with Crippen molar-refractivity contribution in [3.8, 4) is 11.8 Å². The van der Waals surface area contributed by atoms with Crippen molar-refractivity contribution >= 4 is 5.69 Å². The zero-order valence-electron chi connectivity index (χ0n) is 9.61. The fraction of sp³-hybridized carbons (Fsp3) is 0.385. The summed E-state index contributed by atoms with van der Waals surface area (Å²) in [5.41, 5.74) is 7.27. The van der Waals surface area contributed by atoms with Crippen LogP contribution in [0.1, 0.15) is 31.9 Å². The molecule has 0 amide bonds. The topological polar surface area (TPSA) is 26.0 Å². The Kier molecular flexibility index (Phi) is 3.04. The van der Waals surface area contributed by atoms with Crippen LogP contribution in [0.3, 0.4) is 0 Å². The Morgan fingerprint density at radius 1 is 1.27 bits per heavy atom. The van der Waals surface area contributed by atoms with E-state index in [1.807, 2.05) is 20.8 Å². The van der Waals surface area contributed by atoms with Crippen LogP contribution in [0.25, 0.3) is 0 Å². The highest BCUT2D eigenvalue weighted by molar-refractivity contribution is 5.57. The van der Waals surface area contributed by atoms with Gasteiger partial charge in [0.05, 0.1) is 5.69 Å². The van der Waals surface area contributed by atoms with Gasteiger partial charge in [-0.3, -0.25) is 0 Å². The molecule has 0 fully saturated rings. The fourth-order valence-corrected chi connectivity index (χ4v) is 1.06. The molecule has 0 radical (unpaired) electrons. The van der Waals surface area contributed by atoms with Gasteiger partial charge in [-0.1, -0.05) is 11.8 Å². The lowest BCUT2D eigenvalue weighted by Gasteiger charge is -2.07. The highest BCUT2D eigenvalue weighted by atomic mass is 19.1. The van der Waals surface area contributed by atoms with Crippen LogP contribution >= 0.6 is 0 Å². The van der Waals surface area contributed by atoms with E-state index in [9.17, 15) is 4.39 Å². The van der Waals surface area contributed by atoms with Crippen LogP contribution in [0, 0.1) is 30.0 Å². The van der Waals surface area contributed by atoms with Gasteiger partial charge in [0.2, 0.25) is 0 Å². The average Bonchev–Trinajstić information content (AvgIpc) is 2.07. The molecule has 0 unspecified atom stereocenters. The second kappa shape index (κ2) is 3.94. The molecule has 2 heteroatoms. The minimum absolute atomic E-state index is 0.0747. The van der Waals surface area contributed by atoms with Crippen LogP contribution in [0.4, 0.5) is 10.1 Å². The van der Waals surface area contributed by atoms with E-state index in [2.05, 4.69) is 11.8 Å². The molecule has 0 saturated carbocycles. The number of anilines is 1. The maximum absolute atomic E-state index is 13.1. The highest BCUT2D eigenvalue weighted by Crippen LogP contribution is 2.17. The van der Waals surface area contributed by atoms with Crippen molar-refractivity contribution in [1.29, 1.82) is 0 Å². The lowest BCUT2D eigenvalue weighted by atomic mass is 9.97. The van der Waals surface area contributed by atoms with E-state index in [1.165, 1.54) is 6.07 Å². The number of hydrogen-bond donors (Lipinski definition) is 1. The van der Waals surface area contributed by atoms with Gasteiger partial charge in [-0.2, -0.15) is 0 Å². The standard InChI is InChI=1S/C13H16FN/c1-9-7-10(5-6-13(2,3)4)12(15)8-11(9)14/h7-8H,15H2,1-4H3. The first-order chi connectivity index (χ1) is 6.79. The predicted octanol–water partition coefficient (Wildman–Crippen LogP) is 3.11. The number of hydrogen-bond acceptors (Lipinski definition) is 1. The van der Waals surface area contributed by atoms with Crippen LogP contribution in [-0.4, -0.2) is 0 Å². The van der Waals surface area contributed by atoms with E-state index in [-0.39, 0.29) is 11.2 Å². The molecule has 0 heterocycles. The number of aryl methyl sites for hydroxylation is 1. The van der Waals surface area contributed by atoms with E-state index in [0.717, 1.165) is 0 Å². The molecule has 1 aromatic rings. The SMILES string of the molecule is Cc1cc(C#CC(C)(C)C)c(N)cc1F. The number of rotatable bonds is 0. The van der Waals surface area contributed by atoms with Crippen LogP contribution in [-0.2, 0) is 0 Å². The zero-order chi connectivity index (χ0) is 11.6. The van der Waals surface area contributed by atoms with Crippen LogP contribution in [0.15, 0.2) is 12.1 Å². The summed E-state index contributed by atoms with van der Waals surface area (Å²) in [6.07, 6.45) is 0. The molecule has 0 atom stereocenters. The first kappa shape index (κ1) is 11.6. The molecule has 1 nitrogen and oxygen atoms in total. The highest BCUT2D eigenvalue weighted by Gasteiger charge is 2.06. The summed E-state index contributed by atoms with van der Waals surface area (Å²) in [4.78, 5) is 0. The van der Waals surface area contributed by atoms with Crippen LogP contribution in [0.5, 0.6) is 0 Å².